The molecule has 2 aliphatic rings. The van der Waals surface area contributed by atoms with Crippen molar-refractivity contribution in [1.29, 1.82) is 0 Å². The summed E-state index contributed by atoms with van der Waals surface area (Å²) in [7, 11) is 0. The molecule has 1 fully saturated rings. The largest absolute Gasteiger partial charge is 0.481 e. The lowest BCUT2D eigenvalue weighted by atomic mass is 9.83. The van der Waals surface area contributed by atoms with Gasteiger partial charge < -0.3 is 15.3 Å². The first-order valence-electron chi connectivity index (χ1n) is 13.9. The van der Waals surface area contributed by atoms with Gasteiger partial charge in [-0.05, 0) is 79.8 Å². The maximum Gasteiger partial charge on any atom is 0.305 e. The zero-order chi connectivity index (χ0) is 29.1. The quantitative estimate of drug-likeness (QED) is 0.329. The Bertz CT molecular complexity index is 1270. The predicted octanol–water partition coefficient (Wildman–Crippen LogP) is 7.06. The van der Waals surface area contributed by atoms with Crippen LogP contribution in [0.15, 0.2) is 47.5 Å². The number of hydrogen-bond donors (Lipinski definition) is 2. The van der Waals surface area contributed by atoms with E-state index in [1.54, 1.807) is 30.3 Å². The first kappa shape index (κ1) is 30.1. The van der Waals surface area contributed by atoms with Crippen molar-refractivity contribution in [2.24, 2.45) is 10.4 Å². The van der Waals surface area contributed by atoms with Gasteiger partial charge in [-0.25, -0.2) is 0 Å². The number of nitrogens with zero attached hydrogens (tertiary/aromatic N) is 2. The van der Waals surface area contributed by atoms with Gasteiger partial charge in [0.1, 0.15) is 11.4 Å². The molecule has 1 heterocycles. The van der Waals surface area contributed by atoms with Gasteiger partial charge in [-0.2, -0.15) is 0 Å². The highest BCUT2D eigenvalue weighted by Gasteiger charge is 2.50. The van der Waals surface area contributed by atoms with E-state index in [0.29, 0.717) is 26.9 Å². The van der Waals surface area contributed by atoms with E-state index < -0.39 is 11.6 Å². The third-order valence-electron chi connectivity index (χ3n) is 7.64. The highest BCUT2D eigenvalue weighted by molar-refractivity contribution is 6.47. The van der Waals surface area contributed by atoms with Crippen LogP contribution in [-0.4, -0.2) is 45.7 Å². The molecule has 0 bridgehead atoms. The summed E-state index contributed by atoms with van der Waals surface area (Å²) in [5.41, 5.74) is 1.79. The number of hydrogen-bond acceptors (Lipinski definition) is 4. The Morgan fingerprint density at radius 2 is 1.68 bits per heavy atom. The van der Waals surface area contributed by atoms with E-state index in [2.05, 4.69) is 26.1 Å². The standard InChI is InChI=1S/C31H37Cl2N3O4/c1-30(2,3)15-11-25(20-7-9-21(10-8-20)28(39)34-16-12-26(37)38)36-29(40)27(22-17-23(32)19-24(33)18-22)35-31(36)13-5-4-6-14-31/h7-10,17-19,25H,4-6,11-16H2,1-3H3,(H,34,39)(H,37,38)/t25-/m1/s1. The average Bonchev–Trinajstić information content (AvgIpc) is 3.15. The first-order chi connectivity index (χ1) is 18.9. The van der Waals surface area contributed by atoms with Crippen LogP contribution < -0.4 is 5.32 Å². The molecule has 7 nitrogen and oxygen atoms in total. The maximum absolute atomic E-state index is 14.3. The molecule has 2 aromatic rings. The van der Waals surface area contributed by atoms with Crippen molar-refractivity contribution in [2.45, 2.75) is 83.8 Å². The van der Waals surface area contributed by atoms with E-state index in [4.69, 9.17) is 33.3 Å². The first-order valence-corrected chi connectivity index (χ1v) is 14.6. The van der Waals surface area contributed by atoms with Gasteiger partial charge in [0, 0.05) is 27.7 Å². The summed E-state index contributed by atoms with van der Waals surface area (Å²) in [5, 5.41) is 12.4. The lowest BCUT2D eigenvalue weighted by Crippen LogP contribution is -2.50. The van der Waals surface area contributed by atoms with E-state index in [1.165, 1.54) is 0 Å². The van der Waals surface area contributed by atoms with E-state index >= 15 is 0 Å². The van der Waals surface area contributed by atoms with Crippen molar-refractivity contribution in [3.05, 3.63) is 69.2 Å². The highest BCUT2D eigenvalue weighted by Crippen LogP contribution is 2.46. The topological polar surface area (TPSA) is 99.1 Å². The van der Waals surface area contributed by atoms with Crippen molar-refractivity contribution >= 4 is 46.7 Å². The molecule has 4 rings (SSSR count). The number of aliphatic imine (C=N–C) groups is 1. The van der Waals surface area contributed by atoms with Gasteiger partial charge in [0.05, 0.1) is 12.5 Å². The number of carbonyl (C=O) groups is 3. The molecule has 2 aromatic carbocycles. The lowest BCUT2D eigenvalue weighted by Gasteiger charge is -2.44. The summed E-state index contributed by atoms with van der Waals surface area (Å²) in [6.45, 7) is 6.62. The van der Waals surface area contributed by atoms with Gasteiger partial charge in [0.25, 0.3) is 11.8 Å². The van der Waals surface area contributed by atoms with Crippen molar-refractivity contribution in [3.8, 4) is 0 Å². The fourth-order valence-electron chi connectivity index (χ4n) is 5.65. The Morgan fingerprint density at radius 1 is 1.05 bits per heavy atom. The number of rotatable bonds is 9. The summed E-state index contributed by atoms with van der Waals surface area (Å²) in [4.78, 5) is 44.8. The Labute approximate surface area is 246 Å². The molecule has 214 valence electrons. The highest BCUT2D eigenvalue weighted by atomic mass is 35.5. The van der Waals surface area contributed by atoms with Crippen molar-refractivity contribution in [1.82, 2.24) is 10.2 Å². The SMILES string of the molecule is CC(C)(C)CC[C@H](c1ccc(C(=O)NCCC(=O)O)cc1)N1C(=O)C(c2cc(Cl)cc(Cl)c2)=NC12CCCCC2. The third-order valence-corrected chi connectivity index (χ3v) is 8.08. The molecule has 0 radical (unpaired) electrons. The minimum Gasteiger partial charge on any atom is -0.481 e. The third kappa shape index (κ3) is 7.05. The van der Waals surface area contributed by atoms with Gasteiger partial charge in [-0.15, -0.1) is 0 Å². The number of carboxylic acid groups (broad SMARTS) is 1. The number of aliphatic carboxylic acids is 1. The normalized spacial score (nSPS) is 17.6. The minimum atomic E-state index is -0.967. The summed E-state index contributed by atoms with van der Waals surface area (Å²) in [5.74, 6) is -1.43. The Morgan fingerprint density at radius 3 is 2.25 bits per heavy atom. The van der Waals surface area contributed by atoms with Crippen LogP contribution in [-0.2, 0) is 9.59 Å². The zero-order valence-electron chi connectivity index (χ0n) is 23.3. The van der Waals surface area contributed by atoms with Crippen molar-refractivity contribution < 1.29 is 19.5 Å². The van der Waals surface area contributed by atoms with Gasteiger partial charge in [-0.3, -0.25) is 19.4 Å². The number of nitrogens with one attached hydrogen (secondary N) is 1. The number of halogens is 2. The Balaban J connectivity index is 1.70. The maximum atomic E-state index is 14.3. The monoisotopic (exact) mass is 585 g/mol. The number of carbonyl (C=O) groups excluding carboxylic acids is 2. The predicted molar refractivity (Wildman–Crippen MR) is 158 cm³/mol. The molecule has 9 heteroatoms. The van der Waals surface area contributed by atoms with Crippen LogP contribution in [0.3, 0.4) is 0 Å². The smallest absolute Gasteiger partial charge is 0.305 e. The number of carboxylic acids is 1. The summed E-state index contributed by atoms with van der Waals surface area (Å²) in [6, 6.07) is 12.2. The summed E-state index contributed by atoms with van der Waals surface area (Å²) >= 11 is 12.6. The molecule has 0 aromatic heterocycles. The Hall–Kier alpha value is -2.90. The molecule has 2 amide bonds. The lowest BCUT2D eigenvalue weighted by molar-refractivity contribution is -0.137. The van der Waals surface area contributed by atoms with Crippen LogP contribution in [0.4, 0.5) is 0 Å². The van der Waals surface area contributed by atoms with Gasteiger partial charge >= 0.3 is 5.97 Å². The molecular formula is C31H37Cl2N3O4. The van der Waals surface area contributed by atoms with E-state index in [1.807, 2.05) is 17.0 Å². The molecule has 1 aliphatic carbocycles. The van der Waals surface area contributed by atoms with E-state index in [9.17, 15) is 14.4 Å². The van der Waals surface area contributed by atoms with E-state index in [0.717, 1.165) is 50.5 Å². The second-order valence-corrected chi connectivity index (χ2v) is 12.8. The zero-order valence-corrected chi connectivity index (χ0v) is 24.8. The second-order valence-electron chi connectivity index (χ2n) is 12.0. The van der Waals surface area contributed by atoms with Crippen molar-refractivity contribution in [3.63, 3.8) is 0 Å². The average molecular weight is 587 g/mol. The van der Waals surface area contributed by atoms with Crippen LogP contribution in [0, 0.1) is 5.41 Å². The fraction of sp³-hybridized carbons (Fsp3) is 0.484. The van der Waals surface area contributed by atoms with Crippen LogP contribution >= 0.6 is 23.2 Å². The fourth-order valence-corrected chi connectivity index (χ4v) is 6.18. The number of benzene rings is 2. The van der Waals surface area contributed by atoms with Crippen LogP contribution in [0.2, 0.25) is 10.0 Å². The van der Waals surface area contributed by atoms with Crippen LogP contribution in [0.5, 0.6) is 0 Å². The van der Waals surface area contributed by atoms with Crippen LogP contribution in [0.1, 0.15) is 99.7 Å². The van der Waals surface area contributed by atoms with E-state index in [-0.39, 0.29) is 36.2 Å². The van der Waals surface area contributed by atoms with Crippen LogP contribution in [0.25, 0.3) is 0 Å². The molecule has 1 atom stereocenters. The van der Waals surface area contributed by atoms with Gasteiger partial charge in [0.2, 0.25) is 0 Å². The molecule has 2 N–H and O–H groups in total. The van der Waals surface area contributed by atoms with Gasteiger partial charge in [0.15, 0.2) is 0 Å². The second kappa shape index (κ2) is 12.3. The summed E-state index contributed by atoms with van der Waals surface area (Å²) < 4.78 is 0. The minimum absolute atomic E-state index is 0.0505. The Kier molecular flexibility index (Phi) is 9.26. The molecule has 0 unspecified atom stereocenters. The molecule has 40 heavy (non-hydrogen) atoms. The molecule has 1 aliphatic heterocycles. The molecule has 0 saturated heterocycles. The number of amides is 2. The summed E-state index contributed by atoms with van der Waals surface area (Å²) in [6.07, 6.45) is 6.12. The molecule has 1 spiro atoms. The molecule has 1 saturated carbocycles. The molecular weight excluding hydrogens is 549 g/mol. The van der Waals surface area contributed by atoms with Crippen molar-refractivity contribution in [2.75, 3.05) is 6.54 Å². The van der Waals surface area contributed by atoms with Gasteiger partial charge in [-0.1, -0.05) is 62.5 Å².